The highest BCUT2D eigenvalue weighted by molar-refractivity contribution is 5.90. The summed E-state index contributed by atoms with van der Waals surface area (Å²) < 4.78 is 28.9. The van der Waals surface area contributed by atoms with Crippen LogP contribution in [-0.4, -0.2) is 36.6 Å². The SMILES string of the molecule is CC(C)(C)CC1CCCN1C(=O)Nc1cc(F)c(N2CCCC2)c(F)c1. The van der Waals surface area contributed by atoms with E-state index < -0.39 is 11.6 Å². The normalized spacial score (nSPS) is 20.7. The van der Waals surface area contributed by atoms with Gasteiger partial charge in [-0.1, -0.05) is 20.8 Å². The van der Waals surface area contributed by atoms with Crippen molar-refractivity contribution in [1.82, 2.24) is 4.90 Å². The second-order valence-electron chi connectivity index (χ2n) is 8.67. The molecule has 0 radical (unpaired) electrons. The van der Waals surface area contributed by atoms with E-state index in [1.54, 1.807) is 9.80 Å². The molecule has 2 amide bonds. The van der Waals surface area contributed by atoms with Crippen molar-refractivity contribution in [2.24, 2.45) is 5.41 Å². The Labute approximate surface area is 154 Å². The molecule has 2 fully saturated rings. The van der Waals surface area contributed by atoms with Crippen molar-refractivity contribution in [2.45, 2.75) is 58.9 Å². The lowest BCUT2D eigenvalue weighted by molar-refractivity contribution is 0.187. The molecular weight excluding hydrogens is 336 g/mol. The Kier molecular flexibility index (Phi) is 5.39. The molecule has 3 rings (SSSR count). The molecule has 2 heterocycles. The minimum Gasteiger partial charge on any atom is -0.367 e. The topological polar surface area (TPSA) is 35.6 Å². The summed E-state index contributed by atoms with van der Waals surface area (Å²) in [6, 6.07) is 2.35. The molecular formula is C20H29F2N3O. The van der Waals surface area contributed by atoms with Crippen molar-refractivity contribution in [3.63, 3.8) is 0 Å². The molecule has 0 aliphatic carbocycles. The summed E-state index contributed by atoms with van der Waals surface area (Å²) in [6.45, 7) is 8.49. The van der Waals surface area contributed by atoms with Crippen LogP contribution in [0.3, 0.4) is 0 Å². The molecule has 0 spiro atoms. The van der Waals surface area contributed by atoms with Crippen LogP contribution in [0.2, 0.25) is 0 Å². The maximum absolute atomic E-state index is 14.4. The zero-order valence-electron chi connectivity index (χ0n) is 15.9. The van der Waals surface area contributed by atoms with Crippen molar-refractivity contribution >= 4 is 17.4 Å². The molecule has 1 N–H and O–H groups in total. The van der Waals surface area contributed by atoms with Gasteiger partial charge in [0.05, 0.1) is 0 Å². The van der Waals surface area contributed by atoms with Gasteiger partial charge in [-0.3, -0.25) is 0 Å². The number of benzene rings is 1. The van der Waals surface area contributed by atoms with E-state index in [0.717, 1.165) is 32.1 Å². The summed E-state index contributed by atoms with van der Waals surface area (Å²) in [5.74, 6) is -1.23. The maximum Gasteiger partial charge on any atom is 0.322 e. The van der Waals surface area contributed by atoms with Crippen LogP contribution in [0.1, 0.15) is 52.9 Å². The number of nitrogens with zero attached hydrogens (tertiary/aromatic N) is 2. The Bertz CT molecular complexity index is 643. The molecule has 2 aliphatic rings. The van der Waals surface area contributed by atoms with Gasteiger partial charge in [-0.2, -0.15) is 0 Å². The molecule has 144 valence electrons. The van der Waals surface area contributed by atoms with Crippen LogP contribution in [0.15, 0.2) is 12.1 Å². The van der Waals surface area contributed by atoms with Gasteiger partial charge in [0.2, 0.25) is 0 Å². The molecule has 0 aromatic heterocycles. The first kappa shape index (κ1) is 18.9. The average Bonchev–Trinajstić information content (AvgIpc) is 3.16. The van der Waals surface area contributed by atoms with Crippen molar-refractivity contribution in [1.29, 1.82) is 0 Å². The molecule has 0 bridgehead atoms. The number of hydrogen-bond donors (Lipinski definition) is 1. The number of likely N-dealkylation sites (tertiary alicyclic amines) is 1. The molecule has 2 aliphatic heterocycles. The van der Waals surface area contributed by atoms with Crippen molar-refractivity contribution < 1.29 is 13.6 Å². The Morgan fingerprint density at radius 3 is 2.31 bits per heavy atom. The number of halogens is 2. The van der Waals surface area contributed by atoms with Crippen LogP contribution in [0.4, 0.5) is 25.0 Å². The van der Waals surface area contributed by atoms with E-state index >= 15 is 0 Å². The highest BCUT2D eigenvalue weighted by atomic mass is 19.1. The largest absolute Gasteiger partial charge is 0.367 e. The third kappa shape index (κ3) is 4.27. The van der Waals surface area contributed by atoms with Crippen LogP contribution >= 0.6 is 0 Å². The third-order valence-electron chi connectivity index (χ3n) is 5.18. The van der Waals surface area contributed by atoms with E-state index in [2.05, 4.69) is 26.1 Å². The predicted molar refractivity (Wildman–Crippen MR) is 101 cm³/mol. The molecule has 6 heteroatoms. The first-order chi connectivity index (χ1) is 12.2. The van der Waals surface area contributed by atoms with Crippen LogP contribution in [0.5, 0.6) is 0 Å². The average molecular weight is 365 g/mol. The smallest absolute Gasteiger partial charge is 0.322 e. The zero-order chi connectivity index (χ0) is 18.9. The van der Waals surface area contributed by atoms with E-state index in [4.69, 9.17) is 0 Å². The molecule has 1 atom stereocenters. The number of nitrogens with one attached hydrogen (secondary N) is 1. The van der Waals surface area contributed by atoms with Crippen LogP contribution < -0.4 is 10.2 Å². The lowest BCUT2D eigenvalue weighted by Crippen LogP contribution is -2.40. The maximum atomic E-state index is 14.4. The summed E-state index contributed by atoms with van der Waals surface area (Å²) >= 11 is 0. The van der Waals surface area contributed by atoms with E-state index in [1.807, 2.05) is 0 Å². The van der Waals surface area contributed by atoms with Gasteiger partial charge in [-0.05, 0) is 49.7 Å². The summed E-state index contributed by atoms with van der Waals surface area (Å²) in [5.41, 5.74) is 0.324. The van der Waals surface area contributed by atoms with E-state index in [1.165, 1.54) is 12.1 Å². The highest BCUT2D eigenvalue weighted by Crippen LogP contribution is 2.32. The molecule has 4 nitrogen and oxygen atoms in total. The minimum atomic E-state index is -0.616. The van der Waals surface area contributed by atoms with Gasteiger partial charge in [0.15, 0.2) is 11.6 Å². The predicted octanol–water partition coefficient (Wildman–Crippen LogP) is 5.00. The van der Waals surface area contributed by atoms with Gasteiger partial charge in [0.1, 0.15) is 5.69 Å². The van der Waals surface area contributed by atoms with Crippen molar-refractivity contribution in [2.75, 3.05) is 29.9 Å². The van der Waals surface area contributed by atoms with Gasteiger partial charge >= 0.3 is 6.03 Å². The van der Waals surface area contributed by atoms with Gasteiger partial charge in [-0.25, -0.2) is 13.6 Å². The third-order valence-corrected chi connectivity index (χ3v) is 5.18. The Balaban J connectivity index is 1.71. The van der Waals surface area contributed by atoms with Crippen LogP contribution in [-0.2, 0) is 0 Å². The quantitative estimate of drug-likeness (QED) is 0.818. The summed E-state index contributed by atoms with van der Waals surface area (Å²) in [6.07, 6.45) is 4.74. The molecule has 1 aromatic carbocycles. The van der Waals surface area contributed by atoms with Gasteiger partial charge in [0, 0.05) is 31.4 Å². The second-order valence-corrected chi connectivity index (χ2v) is 8.67. The van der Waals surface area contributed by atoms with Crippen LogP contribution in [0.25, 0.3) is 0 Å². The highest BCUT2D eigenvalue weighted by Gasteiger charge is 2.32. The number of anilines is 2. The minimum absolute atomic E-state index is 0.0206. The number of urea groups is 1. The summed E-state index contributed by atoms with van der Waals surface area (Å²) in [4.78, 5) is 16.2. The summed E-state index contributed by atoms with van der Waals surface area (Å²) in [7, 11) is 0. The Morgan fingerprint density at radius 1 is 1.12 bits per heavy atom. The van der Waals surface area contributed by atoms with Gasteiger partial charge < -0.3 is 15.1 Å². The summed E-state index contributed by atoms with van der Waals surface area (Å²) in [5, 5.41) is 2.69. The molecule has 1 aromatic rings. The number of amides is 2. The van der Waals surface area contributed by atoms with Crippen molar-refractivity contribution in [3.8, 4) is 0 Å². The zero-order valence-corrected chi connectivity index (χ0v) is 15.9. The lowest BCUT2D eigenvalue weighted by Gasteiger charge is -2.30. The molecule has 2 saturated heterocycles. The Hall–Kier alpha value is -1.85. The second kappa shape index (κ2) is 7.41. The number of carbonyl (C=O) groups excluding carboxylic acids is 1. The van der Waals surface area contributed by atoms with E-state index in [-0.39, 0.29) is 28.9 Å². The first-order valence-electron chi connectivity index (χ1n) is 9.56. The fraction of sp³-hybridized carbons (Fsp3) is 0.650. The molecule has 1 unspecified atom stereocenters. The first-order valence-corrected chi connectivity index (χ1v) is 9.56. The molecule has 0 saturated carbocycles. The number of rotatable bonds is 3. The van der Waals surface area contributed by atoms with E-state index in [0.29, 0.717) is 19.6 Å². The molecule has 26 heavy (non-hydrogen) atoms. The van der Waals surface area contributed by atoms with Crippen LogP contribution in [0, 0.1) is 17.0 Å². The Morgan fingerprint density at radius 2 is 1.73 bits per heavy atom. The van der Waals surface area contributed by atoms with Gasteiger partial charge in [-0.15, -0.1) is 0 Å². The monoisotopic (exact) mass is 365 g/mol. The fourth-order valence-electron chi connectivity index (χ4n) is 4.10. The fourth-order valence-corrected chi connectivity index (χ4v) is 4.10. The van der Waals surface area contributed by atoms with E-state index in [9.17, 15) is 13.6 Å². The lowest BCUT2D eigenvalue weighted by atomic mass is 9.87. The number of hydrogen-bond acceptors (Lipinski definition) is 2. The standard InChI is InChI=1S/C20H29F2N3O/c1-20(2,3)13-15-7-6-10-25(15)19(26)23-14-11-16(21)18(17(22)12-14)24-8-4-5-9-24/h11-12,15H,4-10,13H2,1-3H3,(H,23,26). The van der Waals surface area contributed by atoms with Crippen molar-refractivity contribution in [3.05, 3.63) is 23.8 Å². The number of carbonyl (C=O) groups is 1. The van der Waals surface area contributed by atoms with Gasteiger partial charge in [0.25, 0.3) is 0 Å².